The molecule has 0 aliphatic rings. The SMILES string of the molecule is COCCC(C)(C)CNCC(=O)OC(C)C. The zero-order valence-electron chi connectivity index (χ0n) is 11.1. The van der Waals surface area contributed by atoms with E-state index in [1.807, 2.05) is 13.8 Å². The van der Waals surface area contributed by atoms with Crippen LogP contribution in [0, 0.1) is 5.41 Å². The van der Waals surface area contributed by atoms with Gasteiger partial charge in [0, 0.05) is 20.3 Å². The molecular weight excluding hydrogens is 206 g/mol. The number of rotatable bonds is 8. The molecule has 1 N–H and O–H groups in total. The minimum absolute atomic E-state index is 0.0456. The maximum absolute atomic E-state index is 11.2. The molecule has 0 saturated heterocycles. The van der Waals surface area contributed by atoms with Gasteiger partial charge in [0.2, 0.25) is 0 Å². The normalized spacial score (nSPS) is 11.9. The molecule has 4 heteroatoms. The average molecular weight is 231 g/mol. The minimum atomic E-state index is -0.197. The Balaban J connectivity index is 3.67. The summed E-state index contributed by atoms with van der Waals surface area (Å²) in [7, 11) is 1.70. The van der Waals surface area contributed by atoms with Gasteiger partial charge in [0.15, 0.2) is 0 Å². The van der Waals surface area contributed by atoms with Crippen LogP contribution < -0.4 is 5.32 Å². The number of hydrogen-bond acceptors (Lipinski definition) is 4. The van der Waals surface area contributed by atoms with Crippen molar-refractivity contribution in [3.8, 4) is 0 Å². The van der Waals surface area contributed by atoms with Gasteiger partial charge in [-0.3, -0.25) is 4.79 Å². The van der Waals surface area contributed by atoms with E-state index in [-0.39, 0.29) is 24.0 Å². The first kappa shape index (κ1) is 15.4. The Morgan fingerprint density at radius 3 is 2.50 bits per heavy atom. The molecule has 0 rings (SSSR count). The average Bonchev–Trinajstić information content (AvgIpc) is 2.13. The number of ether oxygens (including phenoxy) is 2. The molecule has 0 aliphatic carbocycles. The van der Waals surface area contributed by atoms with Gasteiger partial charge >= 0.3 is 5.97 Å². The molecule has 0 radical (unpaired) electrons. The number of nitrogens with one attached hydrogen (secondary N) is 1. The summed E-state index contributed by atoms with van der Waals surface area (Å²) in [5, 5.41) is 3.11. The van der Waals surface area contributed by atoms with Crippen molar-refractivity contribution in [3.63, 3.8) is 0 Å². The molecule has 0 aromatic rings. The van der Waals surface area contributed by atoms with E-state index in [4.69, 9.17) is 9.47 Å². The highest BCUT2D eigenvalue weighted by Crippen LogP contribution is 2.18. The molecule has 0 heterocycles. The Kier molecular flexibility index (Phi) is 7.34. The van der Waals surface area contributed by atoms with E-state index in [1.165, 1.54) is 0 Å². The smallest absolute Gasteiger partial charge is 0.320 e. The number of methoxy groups -OCH3 is 1. The first-order valence-corrected chi connectivity index (χ1v) is 5.76. The first-order chi connectivity index (χ1) is 7.37. The second-order valence-corrected chi connectivity index (χ2v) is 5.05. The molecule has 96 valence electrons. The highest BCUT2D eigenvalue weighted by Gasteiger charge is 2.17. The van der Waals surface area contributed by atoms with Crippen molar-refractivity contribution < 1.29 is 14.3 Å². The Hall–Kier alpha value is -0.610. The van der Waals surface area contributed by atoms with Crippen molar-refractivity contribution in [2.24, 2.45) is 5.41 Å². The number of carbonyl (C=O) groups excluding carboxylic acids is 1. The summed E-state index contributed by atoms with van der Waals surface area (Å²) in [5.41, 5.74) is 0.133. The monoisotopic (exact) mass is 231 g/mol. The summed E-state index contributed by atoms with van der Waals surface area (Å²) >= 11 is 0. The van der Waals surface area contributed by atoms with Gasteiger partial charge in [0.25, 0.3) is 0 Å². The molecule has 0 aromatic heterocycles. The van der Waals surface area contributed by atoms with Crippen LogP contribution in [0.25, 0.3) is 0 Å². The molecule has 4 nitrogen and oxygen atoms in total. The van der Waals surface area contributed by atoms with E-state index in [9.17, 15) is 4.79 Å². The van der Waals surface area contributed by atoms with E-state index < -0.39 is 0 Å². The fourth-order valence-corrected chi connectivity index (χ4v) is 1.27. The second-order valence-electron chi connectivity index (χ2n) is 5.05. The van der Waals surface area contributed by atoms with Gasteiger partial charge in [-0.15, -0.1) is 0 Å². The van der Waals surface area contributed by atoms with Crippen LogP contribution in [-0.4, -0.2) is 38.9 Å². The second kappa shape index (κ2) is 7.63. The van der Waals surface area contributed by atoms with Gasteiger partial charge in [0.1, 0.15) is 0 Å². The molecule has 0 bridgehead atoms. The van der Waals surface area contributed by atoms with Crippen LogP contribution in [0.15, 0.2) is 0 Å². The largest absolute Gasteiger partial charge is 0.462 e. The molecular formula is C12H25NO3. The van der Waals surface area contributed by atoms with Gasteiger partial charge in [-0.2, -0.15) is 0 Å². The summed E-state index contributed by atoms with van der Waals surface area (Å²) in [6.07, 6.45) is 0.922. The molecule has 0 aromatic carbocycles. The van der Waals surface area contributed by atoms with Gasteiger partial charge in [0.05, 0.1) is 12.6 Å². The Labute approximate surface area is 98.7 Å². The van der Waals surface area contributed by atoms with Crippen molar-refractivity contribution in [3.05, 3.63) is 0 Å². The molecule has 0 unspecified atom stereocenters. The molecule has 0 saturated carbocycles. The lowest BCUT2D eigenvalue weighted by Crippen LogP contribution is -2.35. The third-order valence-electron chi connectivity index (χ3n) is 2.22. The molecule has 0 fully saturated rings. The lowest BCUT2D eigenvalue weighted by molar-refractivity contribution is -0.146. The van der Waals surface area contributed by atoms with Crippen molar-refractivity contribution in [1.29, 1.82) is 0 Å². The van der Waals surface area contributed by atoms with Gasteiger partial charge < -0.3 is 14.8 Å². The van der Waals surface area contributed by atoms with Crippen LogP contribution in [0.2, 0.25) is 0 Å². The number of hydrogen-bond donors (Lipinski definition) is 1. The zero-order chi connectivity index (χ0) is 12.6. The lowest BCUT2D eigenvalue weighted by atomic mass is 9.90. The highest BCUT2D eigenvalue weighted by molar-refractivity contribution is 5.71. The quantitative estimate of drug-likeness (QED) is 0.644. The van der Waals surface area contributed by atoms with Crippen molar-refractivity contribution in [2.75, 3.05) is 26.8 Å². The Morgan fingerprint density at radius 1 is 1.38 bits per heavy atom. The van der Waals surface area contributed by atoms with Crippen LogP contribution in [0.5, 0.6) is 0 Å². The van der Waals surface area contributed by atoms with Crippen LogP contribution in [-0.2, 0) is 14.3 Å². The molecule has 16 heavy (non-hydrogen) atoms. The summed E-state index contributed by atoms with van der Waals surface area (Å²) in [4.78, 5) is 11.2. The minimum Gasteiger partial charge on any atom is -0.462 e. The van der Waals surface area contributed by atoms with Crippen molar-refractivity contribution >= 4 is 5.97 Å². The third kappa shape index (κ3) is 8.68. The lowest BCUT2D eigenvalue weighted by Gasteiger charge is -2.24. The highest BCUT2D eigenvalue weighted by atomic mass is 16.5. The predicted molar refractivity (Wildman–Crippen MR) is 64.4 cm³/mol. The molecule has 0 spiro atoms. The fraction of sp³-hybridized carbons (Fsp3) is 0.917. The number of carbonyl (C=O) groups is 1. The first-order valence-electron chi connectivity index (χ1n) is 5.76. The van der Waals surface area contributed by atoms with E-state index in [0.717, 1.165) is 19.6 Å². The maximum Gasteiger partial charge on any atom is 0.320 e. The molecule has 0 aliphatic heterocycles. The molecule has 0 amide bonds. The number of esters is 1. The van der Waals surface area contributed by atoms with E-state index in [0.29, 0.717) is 0 Å². The summed E-state index contributed by atoms with van der Waals surface area (Å²) in [5.74, 6) is -0.197. The topological polar surface area (TPSA) is 47.6 Å². The van der Waals surface area contributed by atoms with E-state index >= 15 is 0 Å². The van der Waals surface area contributed by atoms with E-state index in [2.05, 4.69) is 19.2 Å². The summed E-state index contributed by atoms with van der Waals surface area (Å²) in [6.45, 7) is 9.78. The van der Waals surface area contributed by atoms with Crippen LogP contribution in [0.3, 0.4) is 0 Å². The summed E-state index contributed by atoms with van der Waals surface area (Å²) < 4.78 is 10.1. The van der Waals surface area contributed by atoms with Crippen molar-refractivity contribution in [2.45, 2.75) is 40.2 Å². The Bertz CT molecular complexity index is 202. The van der Waals surface area contributed by atoms with Gasteiger partial charge in [-0.1, -0.05) is 13.8 Å². The third-order valence-corrected chi connectivity index (χ3v) is 2.22. The van der Waals surface area contributed by atoms with Crippen LogP contribution in [0.1, 0.15) is 34.1 Å². The van der Waals surface area contributed by atoms with Gasteiger partial charge in [-0.05, 0) is 25.7 Å². The fourth-order valence-electron chi connectivity index (χ4n) is 1.27. The molecule has 0 atom stereocenters. The maximum atomic E-state index is 11.2. The summed E-state index contributed by atoms with van der Waals surface area (Å²) in [6, 6.07) is 0. The Morgan fingerprint density at radius 2 is 2.00 bits per heavy atom. The van der Waals surface area contributed by atoms with Crippen LogP contribution in [0.4, 0.5) is 0 Å². The van der Waals surface area contributed by atoms with E-state index in [1.54, 1.807) is 7.11 Å². The van der Waals surface area contributed by atoms with Gasteiger partial charge in [-0.25, -0.2) is 0 Å². The van der Waals surface area contributed by atoms with Crippen molar-refractivity contribution in [1.82, 2.24) is 5.32 Å². The predicted octanol–water partition coefficient (Wildman–Crippen LogP) is 1.59. The van der Waals surface area contributed by atoms with Crippen LogP contribution >= 0.6 is 0 Å². The standard InChI is InChI=1S/C12H25NO3/c1-10(2)16-11(14)8-13-9-12(3,4)6-7-15-5/h10,13H,6-9H2,1-5H3. The zero-order valence-corrected chi connectivity index (χ0v) is 11.1.